The van der Waals surface area contributed by atoms with Crippen LogP contribution in [0.5, 0.6) is 5.75 Å². The molecule has 0 aliphatic heterocycles. The van der Waals surface area contributed by atoms with Crippen LogP contribution in [0.2, 0.25) is 0 Å². The van der Waals surface area contributed by atoms with Gasteiger partial charge in [-0.1, -0.05) is 19.1 Å². The van der Waals surface area contributed by atoms with Crippen molar-refractivity contribution >= 4 is 0 Å². The number of hydrogen-bond acceptors (Lipinski definition) is 2. The smallest absolute Gasteiger partial charge is 0.126 e. The summed E-state index contributed by atoms with van der Waals surface area (Å²) in [5.41, 5.74) is 3.77. The first kappa shape index (κ1) is 12.1. The quantitative estimate of drug-likeness (QED) is 0.819. The summed E-state index contributed by atoms with van der Waals surface area (Å²) < 4.78 is 5.50. The fraction of sp³-hybridized carbons (Fsp3) is 0.538. The van der Waals surface area contributed by atoms with Gasteiger partial charge >= 0.3 is 0 Å². The highest BCUT2D eigenvalue weighted by atomic mass is 16.5. The largest absolute Gasteiger partial charge is 0.496 e. The van der Waals surface area contributed by atoms with Crippen molar-refractivity contribution in [1.29, 1.82) is 0 Å². The van der Waals surface area contributed by atoms with Gasteiger partial charge in [0.05, 0.1) is 7.11 Å². The van der Waals surface area contributed by atoms with E-state index in [1.165, 1.54) is 16.7 Å². The molecule has 0 aliphatic rings. The highest BCUT2D eigenvalue weighted by Gasteiger charge is 2.14. The SMILES string of the molecule is CCC(NC)c1ccc(C)c(C)c1OC. The molecule has 1 aromatic rings. The van der Waals surface area contributed by atoms with Gasteiger partial charge in [0.1, 0.15) is 5.75 Å². The van der Waals surface area contributed by atoms with Crippen molar-refractivity contribution in [2.24, 2.45) is 0 Å². The van der Waals surface area contributed by atoms with Gasteiger partial charge in [-0.2, -0.15) is 0 Å². The van der Waals surface area contributed by atoms with E-state index < -0.39 is 0 Å². The summed E-state index contributed by atoms with van der Waals surface area (Å²) >= 11 is 0. The van der Waals surface area contributed by atoms with Crippen LogP contribution < -0.4 is 10.1 Å². The highest BCUT2D eigenvalue weighted by molar-refractivity contribution is 5.46. The molecule has 0 aromatic heterocycles. The molecule has 0 aliphatic carbocycles. The molecule has 15 heavy (non-hydrogen) atoms. The zero-order chi connectivity index (χ0) is 11.4. The molecular formula is C13H21NO. The van der Waals surface area contributed by atoms with Crippen LogP contribution in [0, 0.1) is 13.8 Å². The van der Waals surface area contributed by atoms with E-state index in [-0.39, 0.29) is 0 Å². The second-order valence-electron chi connectivity index (χ2n) is 3.88. The fourth-order valence-electron chi connectivity index (χ4n) is 1.94. The van der Waals surface area contributed by atoms with Gasteiger partial charge in [-0.3, -0.25) is 0 Å². The molecule has 0 fully saturated rings. The Kier molecular flexibility index (Phi) is 4.15. The van der Waals surface area contributed by atoms with E-state index in [2.05, 4.69) is 38.2 Å². The van der Waals surface area contributed by atoms with Crippen LogP contribution in [0.15, 0.2) is 12.1 Å². The normalized spacial score (nSPS) is 12.6. The number of rotatable bonds is 4. The lowest BCUT2D eigenvalue weighted by Crippen LogP contribution is -2.16. The first-order chi connectivity index (χ1) is 7.15. The number of aryl methyl sites for hydroxylation is 1. The van der Waals surface area contributed by atoms with Gasteiger partial charge in [-0.15, -0.1) is 0 Å². The molecule has 0 amide bonds. The minimum Gasteiger partial charge on any atom is -0.496 e. The molecule has 1 atom stereocenters. The first-order valence-corrected chi connectivity index (χ1v) is 5.47. The zero-order valence-electron chi connectivity index (χ0n) is 10.3. The molecule has 1 N–H and O–H groups in total. The molecule has 2 heteroatoms. The third-order valence-corrected chi connectivity index (χ3v) is 3.04. The topological polar surface area (TPSA) is 21.3 Å². The predicted molar refractivity (Wildman–Crippen MR) is 64.6 cm³/mol. The van der Waals surface area contributed by atoms with E-state index in [4.69, 9.17) is 4.74 Å². The van der Waals surface area contributed by atoms with Crippen LogP contribution >= 0.6 is 0 Å². The summed E-state index contributed by atoms with van der Waals surface area (Å²) in [6.45, 7) is 6.40. The summed E-state index contributed by atoms with van der Waals surface area (Å²) in [5.74, 6) is 1.02. The molecular weight excluding hydrogens is 186 g/mol. The second-order valence-corrected chi connectivity index (χ2v) is 3.88. The number of hydrogen-bond donors (Lipinski definition) is 1. The predicted octanol–water partition coefficient (Wildman–Crippen LogP) is 2.98. The van der Waals surface area contributed by atoms with Crippen LogP contribution in [-0.2, 0) is 0 Å². The van der Waals surface area contributed by atoms with Gasteiger partial charge < -0.3 is 10.1 Å². The van der Waals surface area contributed by atoms with Crippen LogP contribution in [-0.4, -0.2) is 14.2 Å². The Labute approximate surface area is 92.6 Å². The maximum absolute atomic E-state index is 5.50. The van der Waals surface area contributed by atoms with Crippen molar-refractivity contribution in [3.63, 3.8) is 0 Å². The highest BCUT2D eigenvalue weighted by Crippen LogP contribution is 2.31. The average molecular weight is 207 g/mol. The molecule has 84 valence electrons. The van der Waals surface area contributed by atoms with E-state index in [1.54, 1.807) is 7.11 Å². The van der Waals surface area contributed by atoms with E-state index >= 15 is 0 Å². The van der Waals surface area contributed by atoms with Crippen molar-refractivity contribution in [2.75, 3.05) is 14.2 Å². The summed E-state index contributed by atoms with van der Waals surface area (Å²) in [6, 6.07) is 4.69. The van der Waals surface area contributed by atoms with Crippen molar-refractivity contribution in [3.8, 4) is 5.75 Å². The van der Waals surface area contributed by atoms with Crippen LogP contribution in [0.4, 0.5) is 0 Å². The third kappa shape index (κ3) is 2.32. The number of ether oxygens (including phenoxy) is 1. The molecule has 1 unspecified atom stereocenters. The van der Waals surface area contributed by atoms with Gasteiger partial charge in [0.2, 0.25) is 0 Å². The van der Waals surface area contributed by atoms with Gasteiger partial charge in [-0.05, 0) is 38.4 Å². The van der Waals surface area contributed by atoms with Crippen molar-refractivity contribution in [1.82, 2.24) is 5.32 Å². The van der Waals surface area contributed by atoms with Crippen LogP contribution in [0.1, 0.15) is 36.1 Å². The third-order valence-electron chi connectivity index (χ3n) is 3.04. The number of benzene rings is 1. The lowest BCUT2D eigenvalue weighted by atomic mass is 9.98. The minimum absolute atomic E-state index is 0.374. The van der Waals surface area contributed by atoms with Gasteiger partial charge in [0.25, 0.3) is 0 Å². The molecule has 0 saturated heterocycles. The van der Waals surface area contributed by atoms with Gasteiger partial charge in [0, 0.05) is 11.6 Å². The van der Waals surface area contributed by atoms with Crippen LogP contribution in [0.3, 0.4) is 0 Å². The molecule has 0 radical (unpaired) electrons. The lowest BCUT2D eigenvalue weighted by molar-refractivity contribution is 0.397. The molecule has 0 heterocycles. The van der Waals surface area contributed by atoms with Gasteiger partial charge in [0.15, 0.2) is 0 Å². The summed E-state index contributed by atoms with van der Waals surface area (Å²) in [7, 11) is 3.73. The summed E-state index contributed by atoms with van der Waals surface area (Å²) in [4.78, 5) is 0. The Bertz CT molecular complexity index is 330. The molecule has 2 nitrogen and oxygen atoms in total. The number of nitrogens with one attached hydrogen (secondary N) is 1. The molecule has 1 aromatic carbocycles. The van der Waals surface area contributed by atoms with Crippen molar-refractivity contribution in [3.05, 3.63) is 28.8 Å². The van der Waals surface area contributed by atoms with E-state index in [1.807, 2.05) is 7.05 Å². The lowest BCUT2D eigenvalue weighted by Gasteiger charge is -2.20. The van der Waals surface area contributed by atoms with Crippen molar-refractivity contribution in [2.45, 2.75) is 33.2 Å². The molecule has 0 saturated carbocycles. The molecule has 0 spiro atoms. The Morgan fingerprint density at radius 3 is 2.47 bits per heavy atom. The fourth-order valence-corrected chi connectivity index (χ4v) is 1.94. The standard InChI is InChI=1S/C13H21NO/c1-6-12(14-4)11-8-7-9(2)10(3)13(11)15-5/h7-8,12,14H,6H2,1-5H3. The number of methoxy groups -OCH3 is 1. The summed E-state index contributed by atoms with van der Waals surface area (Å²) in [6.07, 6.45) is 1.06. The molecule has 0 bridgehead atoms. The zero-order valence-corrected chi connectivity index (χ0v) is 10.3. The summed E-state index contributed by atoms with van der Waals surface area (Å²) in [5, 5.41) is 3.31. The maximum Gasteiger partial charge on any atom is 0.126 e. The van der Waals surface area contributed by atoms with Gasteiger partial charge in [-0.25, -0.2) is 0 Å². The van der Waals surface area contributed by atoms with Crippen LogP contribution in [0.25, 0.3) is 0 Å². The monoisotopic (exact) mass is 207 g/mol. The second kappa shape index (κ2) is 5.17. The Morgan fingerprint density at radius 2 is 2.00 bits per heavy atom. The Hall–Kier alpha value is -1.02. The maximum atomic E-state index is 5.50. The first-order valence-electron chi connectivity index (χ1n) is 5.47. The Morgan fingerprint density at radius 1 is 1.33 bits per heavy atom. The Balaban J connectivity index is 3.23. The molecule has 1 rings (SSSR count). The van der Waals surface area contributed by atoms with E-state index in [9.17, 15) is 0 Å². The van der Waals surface area contributed by atoms with E-state index in [0.29, 0.717) is 6.04 Å². The van der Waals surface area contributed by atoms with Crippen molar-refractivity contribution < 1.29 is 4.74 Å². The minimum atomic E-state index is 0.374. The van der Waals surface area contributed by atoms with E-state index in [0.717, 1.165) is 12.2 Å². The average Bonchev–Trinajstić information content (AvgIpc) is 2.25.